The molecule has 0 unspecified atom stereocenters. The molecule has 0 fully saturated rings. The number of pyridine rings is 1. The second kappa shape index (κ2) is 8.04. The number of carbonyl (C=O) groups is 1. The van der Waals surface area contributed by atoms with Crippen molar-refractivity contribution in [2.75, 3.05) is 13.1 Å². The van der Waals surface area contributed by atoms with E-state index in [1.54, 1.807) is 6.20 Å². The SMILES string of the molecule is CCCN(CCc1ccccn1)C(=O)c1ccc2nc(C)c(C)nc2c1. The molecule has 2 heterocycles. The number of aryl methyl sites for hydroxylation is 2. The molecule has 134 valence electrons. The minimum absolute atomic E-state index is 0.0321. The fraction of sp³-hybridized carbons (Fsp3) is 0.333. The topological polar surface area (TPSA) is 59.0 Å². The highest BCUT2D eigenvalue weighted by molar-refractivity contribution is 5.97. The summed E-state index contributed by atoms with van der Waals surface area (Å²) in [6.07, 6.45) is 3.45. The molecule has 0 bridgehead atoms. The van der Waals surface area contributed by atoms with E-state index in [0.717, 1.165) is 47.5 Å². The van der Waals surface area contributed by atoms with Gasteiger partial charge in [-0.15, -0.1) is 0 Å². The molecule has 0 aliphatic rings. The summed E-state index contributed by atoms with van der Waals surface area (Å²) >= 11 is 0. The number of fused-ring (bicyclic) bond motifs is 1. The van der Waals surface area contributed by atoms with Gasteiger partial charge in [0, 0.05) is 37.0 Å². The third-order valence-electron chi connectivity index (χ3n) is 4.47. The van der Waals surface area contributed by atoms with E-state index in [4.69, 9.17) is 0 Å². The van der Waals surface area contributed by atoms with Gasteiger partial charge < -0.3 is 4.90 Å². The van der Waals surface area contributed by atoms with Crippen LogP contribution in [0.4, 0.5) is 0 Å². The van der Waals surface area contributed by atoms with E-state index in [1.165, 1.54) is 0 Å². The predicted molar refractivity (Wildman–Crippen MR) is 103 cm³/mol. The first kappa shape index (κ1) is 18.0. The molecule has 26 heavy (non-hydrogen) atoms. The van der Waals surface area contributed by atoms with Gasteiger partial charge in [-0.05, 0) is 50.6 Å². The lowest BCUT2D eigenvalue weighted by atomic mass is 10.1. The van der Waals surface area contributed by atoms with Crippen molar-refractivity contribution in [2.45, 2.75) is 33.6 Å². The molecule has 5 nitrogen and oxygen atoms in total. The molecule has 0 saturated heterocycles. The van der Waals surface area contributed by atoms with Gasteiger partial charge in [0.2, 0.25) is 0 Å². The fourth-order valence-electron chi connectivity index (χ4n) is 2.93. The molecule has 5 heteroatoms. The van der Waals surface area contributed by atoms with E-state index in [9.17, 15) is 4.79 Å². The van der Waals surface area contributed by atoms with E-state index in [2.05, 4.69) is 21.9 Å². The molecule has 0 N–H and O–H groups in total. The molecule has 0 saturated carbocycles. The fourth-order valence-corrected chi connectivity index (χ4v) is 2.93. The first-order valence-electron chi connectivity index (χ1n) is 9.02. The number of nitrogens with zero attached hydrogens (tertiary/aromatic N) is 4. The van der Waals surface area contributed by atoms with E-state index < -0.39 is 0 Å². The molecule has 1 aromatic carbocycles. The normalized spacial score (nSPS) is 10.9. The van der Waals surface area contributed by atoms with Crippen molar-refractivity contribution >= 4 is 16.9 Å². The highest BCUT2D eigenvalue weighted by Crippen LogP contribution is 2.16. The zero-order valence-electron chi connectivity index (χ0n) is 15.6. The van der Waals surface area contributed by atoms with Gasteiger partial charge in [0.05, 0.1) is 22.4 Å². The summed E-state index contributed by atoms with van der Waals surface area (Å²) < 4.78 is 0. The Balaban J connectivity index is 1.81. The van der Waals surface area contributed by atoms with Crippen LogP contribution in [0.3, 0.4) is 0 Å². The van der Waals surface area contributed by atoms with Gasteiger partial charge in [0.15, 0.2) is 0 Å². The zero-order valence-corrected chi connectivity index (χ0v) is 15.6. The van der Waals surface area contributed by atoms with Crippen LogP contribution in [-0.2, 0) is 6.42 Å². The third kappa shape index (κ3) is 4.04. The molecular weight excluding hydrogens is 324 g/mol. The number of rotatable bonds is 6. The zero-order chi connectivity index (χ0) is 18.5. The van der Waals surface area contributed by atoms with Gasteiger partial charge in [0.25, 0.3) is 5.91 Å². The maximum Gasteiger partial charge on any atom is 0.253 e. The standard InChI is InChI=1S/C21H24N4O/c1-4-12-25(13-10-18-7-5-6-11-22-18)21(26)17-8-9-19-20(14-17)24-16(3)15(2)23-19/h5-9,11,14H,4,10,12-13H2,1-3H3. The van der Waals surface area contributed by atoms with Crippen molar-refractivity contribution in [1.29, 1.82) is 0 Å². The van der Waals surface area contributed by atoms with Crippen molar-refractivity contribution in [3.63, 3.8) is 0 Å². The summed E-state index contributed by atoms with van der Waals surface area (Å²) in [5.41, 5.74) is 5.05. The number of carbonyl (C=O) groups excluding carboxylic acids is 1. The summed E-state index contributed by atoms with van der Waals surface area (Å²) in [5, 5.41) is 0. The number of benzene rings is 1. The lowest BCUT2D eigenvalue weighted by Gasteiger charge is -2.22. The summed E-state index contributed by atoms with van der Waals surface area (Å²) in [6, 6.07) is 11.4. The average Bonchev–Trinajstić information content (AvgIpc) is 2.66. The number of amides is 1. The highest BCUT2D eigenvalue weighted by Gasteiger charge is 2.16. The minimum atomic E-state index is 0.0321. The number of hydrogen-bond donors (Lipinski definition) is 0. The first-order chi connectivity index (χ1) is 12.6. The first-order valence-corrected chi connectivity index (χ1v) is 9.02. The lowest BCUT2D eigenvalue weighted by molar-refractivity contribution is 0.0757. The van der Waals surface area contributed by atoms with E-state index in [0.29, 0.717) is 12.1 Å². The van der Waals surface area contributed by atoms with Crippen LogP contribution in [-0.4, -0.2) is 38.8 Å². The van der Waals surface area contributed by atoms with Gasteiger partial charge in [-0.25, -0.2) is 9.97 Å². The molecule has 2 aromatic heterocycles. The highest BCUT2D eigenvalue weighted by atomic mass is 16.2. The van der Waals surface area contributed by atoms with Crippen molar-refractivity contribution < 1.29 is 4.79 Å². The molecule has 0 aliphatic carbocycles. The van der Waals surface area contributed by atoms with Crippen molar-refractivity contribution in [3.05, 3.63) is 65.2 Å². The monoisotopic (exact) mass is 348 g/mol. The number of hydrogen-bond acceptors (Lipinski definition) is 4. The van der Waals surface area contributed by atoms with Gasteiger partial charge in [-0.1, -0.05) is 13.0 Å². The molecule has 0 aliphatic heterocycles. The smallest absolute Gasteiger partial charge is 0.253 e. The van der Waals surface area contributed by atoms with Crippen LogP contribution in [0.15, 0.2) is 42.6 Å². The second-order valence-corrected chi connectivity index (χ2v) is 6.46. The third-order valence-corrected chi connectivity index (χ3v) is 4.47. The Morgan fingerprint density at radius 1 is 1.00 bits per heavy atom. The summed E-state index contributed by atoms with van der Waals surface area (Å²) in [5.74, 6) is 0.0321. The molecule has 0 atom stereocenters. The Morgan fingerprint density at radius 2 is 1.77 bits per heavy atom. The average molecular weight is 348 g/mol. The van der Waals surface area contributed by atoms with Crippen LogP contribution in [0.2, 0.25) is 0 Å². The van der Waals surface area contributed by atoms with E-state index in [-0.39, 0.29) is 5.91 Å². The molecular formula is C21H24N4O. The Hall–Kier alpha value is -2.82. The van der Waals surface area contributed by atoms with Crippen molar-refractivity contribution in [1.82, 2.24) is 19.9 Å². The predicted octanol–water partition coefficient (Wildman–Crippen LogP) is 3.74. The Labute approximate surface area is 154 Å². The summed E-state index contributed by atoms with van der Waals surface area (Å²) in [4.78, 5) is 28.4. The lowest BCUT2D eigenvalue weighted by Crippen LogP contribution is -2.33. The minimum Gasteiger partial charge on any atom is -0.338 e. The maximum atomic E-state index is 13.0. The quantitative estimate of drug-likeness (QED) is 0.681. The Kier molecular flexibility index (Phi) is 5.56. The summed E-state index contributed by atoms with van der Waals surface area (Å²) in [7, 11) is 0. The van der Waals surface area contributed by atoms with Gasteiger partial charge in [-0.3, -0.25) is 9.78 Å². The summed E-state index contributed by atoms with van der Waals surface area (Å²) in [6.45, 7) is 7.34. The molecule has 3 rings (SSSR count). The van der Waals surface area contributed by atoms with Crippen LogP contribution >= 0.6 is 0 Å². The van der Waals surface area contributed by atoms with Crippen molar-refractivity contribution in [3.8, 4) is 0 Å². The largest absolute Gasteiger partial charge is 0.338 e. The number of aromatic nitrogens is 3. The maximum absolute atomic E-state index is 13.0. The van der Waals surface area contributed by atoms with E-state index in [1.807, 2.05) is 55.1 Å². The Bertz CT molecular complexity index is 909. The van der Waals surface area contributed by atoms with Crippen LogP contribution in [0, 0.1) is 13.8 Å². The van der Waals surface area contributed by atoms with Gasteiger partial charge in [-0.2, -0.15) is 0 Å². The molecule has 0 spiro atoms. The van der Waals surface area contributed by atoms with Crippen LogP contribution in [0.25, 0.3) is 11.0 Å². The van der Waals surface area contributed by atoms with Crippen LogP contribution < -0.4 is 0 Å². The van der Waals surface area contributed by atoms with Crippen LogP contribution in [0.1, 0.15) is 40.8 Å². The van der Waals surface area contributed by atoms with Crippen molar-refractivity contribution in [2.24, 2.45) is 0 Å². The molecule has 3 aromatic rings. The van der Waals surface area contributed by atoms with E-state index >= 15 is 0 Å². The van der Waals surface area contributed by atoms with Gasteiger partial charge in [0.1, 0.15) is 0 Å². The van der Waals surface area contributed by atoms with Crippen LogP contribution in [0.5, 0.6) is 0 Å². The molecule has 1 amide bonds. The second-order valence-electron chi connectivity index (χ2n) is 6.46. The molecule has 0 radical (unpaired) electrons. The Morgan fingerprint density at radius 3 is 2.46 bits per heavy atom. The van der Waals surface area contributed by atoms with Gasteiger partial charge >= 0.3 is 0 Å².